The summed E-state index contributed by atoms with van der Waals surface area (Å²) >= 11 is 0. The molecule has 0 fully saturated rings. The van der Waals surface area contributed by atoms with Gasteiger partial charge in [0.25, 0.3) is 11.4 Å². The van der Waals surface area contributed by atoms with Crippen LogP contribution in [0.15, 0.2) is 266 Å². The van der Waals surface area contributed by atoms with Crippen molar-refractivity contribution >= 4 is 98.8 Å². The lowest BCUT2D eigenvalue weighted by Gasteiger charge is -2.24. The third-order valence-corrected chi connectivity index (χ3v) is 24.4. The Balaban J connectivity index is 0.000000155. The molecule has 4 aliphatic heterocycles. The number of rotatable bonds is 22. The number of nitrogens with zero attached hydrogens (tertiary/aromatic N) is 7. The first-order valence-corrected chi connectivity index (χ1v) is 41.3. The van der Waals surface area contributed by atoms with Crippen molar-refractivity contribution in [3.63, 3.8) is 0 Å². The van der Waals surface area contributed by atoms with E-state index in [1.165, 1.54) is 129 Å². The summed E-state index contributed by atoms with van der Waals surface area (Å²) in [5.41, 5.74) is 17.0. The van der Waals surface area contributed by atoms with Gasteiger partial charge < -0.3 is 33.7 Å². The van der Waals surface area contributed by atoms with Crippen molar-refractivity contribution in [2.24, 2.45) is 0 Å². The third-order valence-electron chi connectivity index (χ3n) is 23.6. The van der Waals surface area contributed by atoms with Gasteiger partial charge in [0.15, 0.2) is 11.4 Å². The molecule has 11 aromatic rings. The van der Waals surface area contributed by atoms with E-state index in [9.17, 15) is 23.5 Å². The lowest BCUT2D eigenvalue weighted by atomic mass is 9.79. The van der Waals surface area contributed by atoms with E-state index in [2.05, 4.69) is 307 Å². The van der Waals surface area contributed by atoms with Gasteiger partial charge in [-0.25, -0.2) is 28.6 Å². The number of fused-ring (bicyclic) bond motifs is 12. The van der Waals surface area contributed by atoms with Crippen LogP contribution in [0.1, 0.15) is 120 Å². The Kier molecular flexibility index (Phi) is 24.6. The van der Waals surface area contributed by atoms with Gasteiger partial charge in [0.2, 0.25) is 11.4 Å². The molecule has 0 aliphatic carbocycles. The second-order valence-corrected chi connectivity index (χ2v) is 33.8. The van der Waals surface area contributed by atoms with E-state index in [-0.39, 0.29) is 94.4 Å². The lowest BCUT2D eigenvalue weighted by molar-refractivity contribution is -0.401. The highest BCUT2D eigenvalue weighted by atomic mass is 32.2. The van der Waals surface area contributed by atoms with Crippen LogP contribution in [0.2, 0.25) is 0 Å². The Labute approximate surface area is 688 Å². The van der Waals surface area contributed by atoms with Gasteiger partial charge >= 0.3 is 0 Å². The fourth-order valence-corrected chi connectivity index (χ4v) is 18.5. The zero-order valence-electron chi connectivity index (χ0n) is 68.7. The van der Waals surface area contributed by atoms with Crippen LogP contribution in [-0.2, 0) is 41.3 Å². The Morgan fingerprint density at radius 2 is 0.932 bits per heavy atom. The quantitative estimate of drug-likeness (QED) is 0.0296. The summed E-state index contributed by atoms with van der Waals surface area (Å²) in [7, 11) is 2.12. The molecule has 1 N–H and O–H groups in total. The normalized spacial score (nSPS) is 16.9. The molecule has 0 aromatic heterocycles. The predicted molar refractivity (Wildman–Crippen MR) is 473 cm³/mol. The Hall–Kier alpha value is -12.5. The van der Waals surface area contributed by atoms with E-state index in [0.717, 1.165) is 6.42 Å². The standard InChI is InChI=1S/C36H36N4O7S.C33H33N2.C32H30N2/c1-27(28-10-6-4-7-11-28)14-16-44-18-20-46-35-22-32(34(25-38)40-3)36(23-31(35)33(24-37)39-2)47-21-19-45-17-15-30(26-48(41,42)43)29-12-8-5-9-13-29;1-32(2)28(34(5)26-20-18-22-12-7-9-14-24(22)30(26)32)16-11-17-29-33(3,4)31-25-15-10-8-13-23(25)19-21-27(31)35(29)6;1-31(2)27(33-25-19-17-21-11-6-8-13-23(21)29(25)31)15-10-16-28-32(3,4)30-24-14-9-7-12-22(24)18-20-26(30)34(28)5/h4-13,22-23,27,30H,14-21,26H2,1H3,(H,41,42,43);7-21H,1-6H3;6-20H,1-5H3/q;+1;/b33-31-,34-32+;;. The topological polar surface area (TPSA) is 172 Å². The molecule has 4 aliphatic rings. The van der Waals surface area contributed by atoms with Crippen LogP contribution in [-0.4, -0.2) is 100 Å². The minimum atomic E-state index is -4.46. The minimum absolute atomic E-state index is 0.0334. The predicted octanol–water partition coefficient (Wildman–Crippen LogP) is 20.2. The molecule has 0 spiro atoms. The monoisotopic (exact) mass is 1570 g/mol. The van der Waals surface area contributed by atoms with Crippen LogP contribution in [0.3, 0.4) is 0 Å². The number of nitrogens with one attached hydrogen (secondary N) is 1. The molecule has 11 aromatic carbocycles. The minimum Gasteiger partial charge on any atom is -0.748 e. The summed E-state index contributed by atoms with van der Waals surface area (Å²) < 4.78 is 62.2. The maximum Gasteiger partial charge on any atom is 0.272 e. The molecule has 590 valence electrons. The van der Waals surface area contributed by atoms with Crippen molar-refractivity contribution in [3.8, 4) is 23.6 Å². The summed E-state index contributed by atoms with van der Waals surface area (Å²) in [5, 5.41) is 33.8. The number of likely N-dealkylation sites (N-methyl/N-ethyl adjacent to an activating group) is 1. The van der Waals surface area contributed by atoms with Crippen molar-refractivity contribution in [2.45, 2.75) is 109 Å². The summed E-state index contributed by atoms with van der Waals surface area (Å²) in [4.78, 5) is 8.96. The molecular weight excluding hydrogens is 1470 g/mol. The van der Waals surface area contributed by atoms with Crippen molar-refractivity contribution in [3.05, 3.63) is 333 Å². The van der Waals surface area contributed by atoms with Crippen molar-refractivity contribution in [1.29, 1.82) is 10.5 Å². The summed E-state index contributed by atoms with van der Waals surface area (Å²) in [6.07, 6.45) is 14.7. The van der Waals surface area contributed by atoms with Gasteiger partial charge in [-0.3, -0.25) is 0 Å². The molecule has 2 unspecified atom stereocenters. The molecule has 0 bridgehead atoms. The molecule has 117 heavy (non-hydrogen) atoms. The molecule has 2 atom stereocenters. The number of hydrogen-bond donors (Lipinski definition) is 1. The highest BCUT2D eigenvalue weighted by Crippen LogP contribution is 2.52. The number of hydrogen-bond acceptors (Lipinski definition) is 11. The third kappa shape index (κ3) is 17.0. The molecule has 0 amide bonds. The number of allylic oxidation sites excluding steroid dienone is 8. The van der Waals surface area contributed by atoms with Crippen LogP contribution in [0.25, 0.3) is 64.2 Å². The molecule has 15 rings (SSSR count). The van der Waals surface area contributed by atoms with Crippen LogP contribution >= 0.6 is 0 Å². The number of anilines is 2. The second-order valence-electron chi connectivity index (χ2n) is 32.3. The van der Waals surface area contributed by atoms with Gasteiger partial charge in [-0.15, -0.1) is 0 Å². The number of nitriles is 2. The van der Waals surface area contributed by atoms with Gasteiger partial charge in [0, 0.05) is 105 Å². The van der Waals surface area contributed by atoms with E-state index in [1.54, 1.807) is 30.3 Å². The van der Waals surface area contributed by atoms with E-state index in [1.807, 2.05) is 30.3 Å². The van der Waals surface area contributed by atoms with Gasteiger partial charge in [-0.1, -0.05) is 217 Å². The summed E-state index contributed by atoms with van der Waals surface area (Å²) in [6.45, 7) is 36.8. The van der Waals surface area contributed by atoms with Crippen LogP contribution < -0.4 is 30.1 Å². The fourth-order valence-electron chi connectivity index (χ4n) is 17.6. The van der Waals surface area contributed by atoms with Crippen LogP contribution in [0.5, 0.6) is 11.5 Å². The van der Waals surface area contributed by atoms with Crippen molar-refractivity contribution in [2.75, 3.05) is 76.8 Å². The van der Waals surface area contributed by atoms with Gasteiger partial charge in [0.05, 0.1) is 59.4 Å². The average molecular weight is 1570 g/mol. The maximum atomic E-state index is 11.4. The van der Waals surface area contributed by atoms with E-state index in [0.29, 0.717) is 18.1 Å². The van der Waals surface area contributed by atoms with Gasteiger partial charge in [0.1, 0.15) is 38.8 Å². The van der Waals surface area contributed by atoms with E-state index < -0.39 is 21.8 Å². The zero-order chi connectivity index (χ0) is 83.0. The first kappa shape index (κ1) is 82.5. The first-order chi connectivity index (χ1) is 56.2. The fraction of sp³-hybridized carbons (Fsp3) is 0.267. The Bertz CT molecular complexity index is 6290. The van der Waals surface area contributed by atoms with E-state index >= 15 is 0 Å². The smallest absolute Gasteiger partial charge is 0.272 e. The maximum absolute atomic E-state index is 11.4. The SMILES string of the molecule is CN1/C(=C\C=C\C2=[N+](C)c3ccc4ccccc4c3C2(C)C)C(C)(C)c2c1ccc1ccccc21.C[N+]1=C(C=CC=C2Nc3ccc4ccccc4c3C2(C)C)C(C)(C)c2c1ccc1ccccc21.[C-]#[N+]/C(C#N)=c1/cc(OCCOCCC(CS(=O)(=O)[O-])c2ccccc2)/c(=C(\C#N)[N+]#[C-])cc1OCCOCCC(C)c1ccccc1. The Morgan fingerprint density at radius 1 is 0.513 bits per heavy atom. The molecule has 0 saturated heterocycles. The summed E-state index contributed by atoms with van der Waals surface area (Å²) in [6, 6.07) is 78.3. The molecule has 0 radical (unpaired) electrons. The van der Waals surface area contributed by atoms with Crippen molar-refractivity contribution < 1.29 is 41.1 Å². The Morgan fingerprint density at radius 3 is 1.40 bits per heavy atom. The number of ether oxygens (including phenoxy) is 4. The average Bonchev–Trinajstić information content (AvgIpc) is 1.60. The molecule has 16 heteroatoms. The van der Waals surface area contributed by atoms with Crippen LogP contribution in [0.4, 0.5) is 22.7 Å². The highest BCUT2D eigenvalue weighted by molar-refractivity contribution is 7.85. The van der Waals surface area contributed by atoms with Crippen molar-refractivity contribution in [1.82, 2.24) is 0 Å². The molecule has 15 nitrogen and oxygen atoms in total. The zero-order valence-corrected chi connectivity index (χ0v) is 69.5. The number of benzene rings is 11. The molecule has 0 saturated carbocycles. The van der Waals surface area contributed by atoms with Gasteiger partial charge in [-0.2, -0.15) is 9.15 Å². The first-order valence-electron chi connectivity index (χ1n) is 39.7. The second kappa shape index (κ2) is 34.9. The molecular formula is C101H99N8O7S+. The van der Waals surface area contributed by atoms with Gasteiger partial charge in [-0.05, 0) is 166 Å². The van der Waals surface area contributed by atoms with E-state index in [4.69, 9.17) is 32.1 Å². The summed E-state index contributed by atoms with van der Waals surface area (Å²) in [5.74, 6) is -0.582. The lowest BCUT2D eigenvalue weighted by Crippen LogP contribution is -2.27. The highest BCUT2D eigenvalue weighted by Gasteiger charge is 2.46. The van der Waals surface area contributed by atoms with Crippen LogP contribution in [0, 0.1) is 35.8 Å². The molecule has 4 heterocycles. The largest absolute Gasteiger partial charge is 0.748 e.